The molecule has 2 rings (SSSR count). The fraction of sp³-hybridized carbons (Fsp3) is 0.231. The largest absolute Gasteiger partial charge is 0.379 e. The van der Waals surface area contributed by atoms with E-state index in [9.17, 15) is 4.21 Å². The number of hydrogen-bond donors (Lipinski definition) is 1. The number of benzene rings is 1. The van der Waals surface area contributed by atoms with Crippen molar-refractivity contribution in [2.45, 2.75) is 12.3 Å². The van der Waals surface area contributed by atoms with Crippen LogP contribution in [-0.2, 0) is 23.1 Å². The average molecular weight is 334 g/mol. The first-order chi connectivity index (χ1) is 9.04. The zero-order chi connectivity index (χ0) is 13.8. The van der Waals surface area contributed by atoms with Gasteiger partial charge in [0.25, 0.3) is 0 Å². The van der Waals surface area contributed by atoms with Gasteiger partial charge in [0.2, 0.25) is 0 Å². The Balaban J connectivity index is 2.08. The van der Waals surface area contributed by atoms with Crippen LogP contribution in [0.4, 0.5) is 5.69 Å². The van der Waals surface area contributed by atoms with Crippen LogP contribution in [-0.4, -0.2) is 10.5 Å². The molecule has 0 bridgehead atoms. The van der Waals surface area contributed by atoms with Gasteiger partial charge in [0, 0.05) is 34.2 Å². The third-order valence-corrected chi connectivity index (χ3v) is 4.78. The molecule has 102 valence electrons. The van der Waals surface area contributed by atoms with Gasteiger partial charge in [-0.3, -0.25) is 4.21 Å². The highest BCUT2D eigenvalue weighted by molar-refractivity contribution is 7.83. The topological polar surface area (TPSA) is 29.1 Å². The van der Waals surface area contributed by atoms with Gasteiger partial charge in [-0.1, -0.05) is 29.3 Å². The summed E-state index contributed by atoms with van der Waals surface area (Å²) in [4.78, 5) is 1.14. The first kappa shape index (κ1) is 14.9. The molecule has 0 radical (unpaired) electrons. The summed E-state index contributed by atoms with van der Waals surface area (Å²) in [5.74, 6) is 0.538. The summed E-state index contributed by atoms with van der Waals surface area (Å²) in [5, 5.41) is 3.94. The minimum absolute atomic E-state index is 0.538. The molecular formula is C13H13Cl2NOS2. The van der Waals surface area contributed by atoms with Crippen molar-refractivity contribution >= 4 is 51.0 Å². The summed E-state index contributed by atoms with van der Waals surface area (Å²) in [6.07, 6.45) is 1.69. The standard InChI is InChI=1S/C13H13Cl2NOS2/c1-19(17)8-9-2-4-11(14)12(6-9)16-7-10-3-5-13(15)18-10/h2-6,16H,7-8H2,1H3/t19-/m0/s1. The van der Waals surface area contributed by atoms with E-state index in [1.54, 1.807) is 6.26 Å². The lowest BCUT2D eigenvalue weighted by atomic mass is 10.2. The van der Waals surface area contributed by atoms with Gasteiger partial charge in [-0.25, -0.2) is 0 Å². The predicted octanol–water partition coefficient (Wildman–Crippen LogP) is 4.55. The second kappa shape index (κ2) is 6.75. The highest BCUT2D eigenvalue weighted by Crippen LogP contribution is 2.26. The highest BCUT2D eigenvalue weighted by atomic mass is 35.5. The molecule has 2 aromatic rings. The number of hydrogen-bond acceptors (Lipinski definition) is 3. The second-order valence-corrected chi connectivity index (χ2v) is 7.73. The maximum Gasteiger partial charge on any atom is 0.0931 e. The van der Waals surface area contributed by atoms with Crippen LogP contribution in [0.2, 0.25) is 9.36 Å². The minimum atomic E-state index is -0.854. The van der Waals surface area contributed by atoms with E-state index in [0.29, 0.717) is 17.3 Å². The van der Waals surface area contributed by atoms with Gasteiger partial charge in [-0.15, -0.1) is 11.3 Å². The zero-order valence-corrected chi connectivity index (χ0v) is 13.4. The Morgan fingerprint density at radius 1 is 1.26 bits per heavy atom. The molecule has 0 amide bonds. The highest BCUT2D eigenvalue weighted by Gasteiger charge is 2.04. The predicted molar refractivity (Wildman–Crippen MR) is 85.9 cm³/mol. The molecule has 1 atom stereocenters. The number of thiophene rings is 1. The fourth-order valence-corrected chi connectivity index (χ4v) is 3.52. The molecule has 0 saturated heterocycles. The Hall–Kier alpha value is -0.550. The van der Waals surface area contributed by atoms with Crippen molar-refractivity contribution in [1.29, 1.82) is 0 Å². The Morgan fingerprint density at radius 3 is 2.68 bits per heavy atom. The first-order valence-corrected chi connectivity index (χ1v) is 8.91. The van der Waals surface area contributed by atoms with Crippen molar-refractivity contribution in [3.63, 3.8) is 0 Å². The molecule has 6 heteroatoms. The van der Waals surface area contributed by atoms with Crippen LogP contribution < -0.4 is 5.32 Å². The van der Waals surface area contributed by atoms with E-state index < -0.39 is 10.8 Å². The summed E-state index contributed by atoms with van der Waals surface area (Å²) in [7, 11) is -0.854. The lowest BCUT2D eigenvalue weighted by molar-refractivity contribution is 0.686. The maximum absolute atomic E-state index is 11.2. The van der Waals surface area contributed by atoms with E-state index in [4.69, 9.17) is 23.2 Å². The molecule has 0 aliphatic carbocycles. The van der Waals surface area contributed by atoms with Crippen LogP contribution in [0.15, 0.2) is 30.3 Å². The van der Waals surface area contributed by atoms with Gasteiger partial charge in [0.15, 0.2) is 0 Å². The molecule has 19 heavy (non-hydrogen) atoms. The summed E-state index contributed by atoms with van der Waals surface area (Å²) in [6, 6.07) is 9.53. The van der Waals surface area contributed by atoms with Crippen LogP contribution >= 0.6 is 34.5 Å². The lowest BCUT2D eigenvalue weighted by Crippen LogP contribution is -2.00. The van der Waals surface area contributed by atoms with E-state index in [0.717, 1.165) is 20.5 Å². The second-order valence-electron chi connectivity index (χ2n) is 4.09. The number of nitrogens with one attached hydrogen (secondary N) is 1. The molecule has 0 spiro atoms. The average Bonchev–Trinajstić information content (AvgIpc) is 2.75. The van der Waals surface area contributed by atoms with Crippen molar-refractivity contribution < 1.29 is 4.21 Å². The summed E-state index contributed by atoms with van der Waals surface area (Å²) < 4.78 is 12.0. The van der Waals surface area contributed by atoms with E-state index in [1.165, 1.54) is 11.3 Å². The third-order valence-electron chi connectivity index (χ3n) is 2.48. The molecule has 1 heterocycles. The van der Waals surface area contributed by atoms with Crippen LogP contribution in [0.5, 0.6) is 0 Å². The molecule has 0 aliphatic heterocycles. The SMILES string of the molecule is C[S@](=O)Cc1ccc(Cl)c(NCc2ccc(Cl)s2)c1. The number of anilines is 1. The van der Waals surface area contributed by atoms with E-state index in [-0.39, 0.29) is 0 Å². The lowest BCUT2D eigenvalue weighted by Gasteiger charge is -2.09. The molecule has 0 aliphatic rings. The van der Waals surface area contributed by atoms with Crippen LogP contribution in [0.1, 0.15) is 10.4 Å². The van der Waals surface area contributed by atoms with Gasteiger partial charge in [-0.05, 0) is 29.8 Å². The van der Waals surface area contributed by atoms with Gasteiger partial charge in [0.05, 0.1) is 15.0 Å². The Labute approximate surface area is 129 Å². The van der Waals surface area contributed by atoms with E-state index in [1.807, 2.05) is 30.3 Å². The monoisotopic (exact) mass is 333 g/mol. The summed E-state index contributed by atoms with van der Waals surface area (Å²) in [6.45, 7) is 0.676. The van der Waals surface area contributed by atoms with Crippen molar-refractivity contribution in [3.8, 4) is 0 Å². The van der Waals surface area contributed by atoms with Crippen LogP contribution in [0, 0.1) is 0 Å². The molecule has 2 nitrogen and oxygen atoms in total. The first-order valence-electron chi connectivity index (χ1n) is 5.61. The molecule has 0 unspecified atom stereocenters. The third kappa shape index (κ3) is 4.49. The van der Waals surface area contributed by atoms with E-state index in [2.05, 4.69) is 5.32 Å². The Kier molecular flexibility index (Phi) is 5.28. The van der Waals surface area contributed by atoms with Gasteiger partial charge in [0.1, 0.15) is 0 Å². The minimum Gasteiger partial charge on any atom is -0.379 e. The fourth-order valence-electron chi connectivity index (χ4n) is 1.66. The zero-order valence-electron chi connectivity index (χ0n) is 10.3. The molecular weight excluding hydrogens is 321 g/mol. The molecule has 0 saturated carbocycles. The van der Waals surface area contributed by atoms with Crippen molar-refractivity contribution in [2.75, 3.05) is 11.6 Å². The molecule has 1 aromatic heterocycles. The van der Waals surface area contributed by atoms with Crippen molar-refractivity contribution in [1.82, 2.24) is 0 Å². The normalized spacial score (nSPS) is 12.4. The number of rotatable bonds is 5. The van der Waals surface area contributed by atoms with Crippen LogP contribution in [0.3, 0.4) is 0 Å². The molecule has 1 aromatic carbocycles. The van der Waals surface area contributed by atoms with Crippen LogP contribution in [0.25, 0.3) is 0 Å². The van der Waals surface area contributed by atoms with Gasteiger partial charge >= 0.3 is 0 Å². The summed E-state index contributed by atoms with van der Waals surface area (Å²) >= 11 is 13.6. The van der Waals surface area contributed by atoms with Crippen molar-refractivity contribution in [3.05, 3.63) is 50.1 Å². The maximum atomic E-state index is 11.2. The number of halogens is 2. The van der Waals surface area contributed by atoms with E-state index >= 15 is 0 Å². The van der Waals surface area contributed by atoms with Gasteiger partial charge in [-0.2, -0.15) is 0 Å². The van der Waals surface area contributed by atoms with Gasteiger partial charge < -0.3 is 5.32 Å². The smallest absolute Gasteiger partial charge is 0.0931 e. The Morgan fingerprint density at radius 2 is 2.05 bits per heavy atom. The molecule has 0 fully saturated rings. The Bertz CT molecular complexity index is 598. The van der Waals surface area contributed by atoms with Crippen molar-refractivity contribution in [2.24, 2.45) is 0 Å². The molecule has 1 N–H and O–H groups in total. The summed E-state index contributed by atoms with van der Waals surface area (Å²) in [5.41, 5.74) is 1.87. The quantitative estimate of drug-likeness (QED) is 0.869.